The molecule has 0 atom stereocenters. The Hall–Kier alpha value is -2.57. The smallest absolute Gasteiger partial charge is 0.358 e. The molecular weight excluding hydrogens is 302 g/mol. The van der Waals surface area contributed by atoms with Gasteiger partial charge in [-0.3, -0.25) is 4.79 Å². The molecule has 7 nitrogen and oxygen atoms in total. The molecule has 1 aromatic rings. The molecular formula is C16H21NO6. The van der Waals surface area contributed by atoms with E-state index in [4.69, 9.17) is 9.47 Å². The third-order valence-corrected chi connectivity index (χ3v) is 3.09. The molecule has 0 unspecified atom stereocenters. The number of esters is 2. The van der Waals surface area contributed by atoms with Crippen LogP contribution in [0.3, 0.4) is 0 Å². The molecule has 1 heterocycles. The minimum atomic E-state index is -0.801. The van der Waals surface area contributed by atoms with Crippen molar-refractivity contribution in [3.63, 3.8) is 0 Å². The van der Waals surface area contributed by atoms with Gasteiger partial charge in [0, 0.05) is 12.7 Å². The maximum Gasteiger partial charge on any atom is 0.358 e. The van der Waals surface area contributed by atoms with E-state index >= 15 is 0 Å². The topological polar surface area (TPSA) is 83.8 Å². The number of allylic oxidation sites excluding steroid dienone is 1. The summed E-state index contributed by atoms with van der Waals surface area (Å²) in [6.45, 7) is 6.00. The highest BCUT2D eigenvalue weighted by Crippen LogP contribution is 2.18. The highest BCUT2D eigenvalue weighted by molar-refractivity contribution is 5.94. The van der Waals surface area contributed by atoms with Crippen LogP contribution in [0, 0.1) is 0 Å². The number of methoxy groups -OCH3 is 2. The van der Waals surface area contributed by atoms with E-state index in [1.807, 2.05) is 6.92 Å². The van der Waals surface area contributed by atoms with E-state index in [1.54, 1.807) is 0 Å². The van der Waals surface area contributed by atoms with Gasteiger partial charge in [0.2, 0.25) is 5.43 Å². The largest absolute Gasteiger partial charge is 0.487 e. The van der Waals surface area contributed by atoms with Crippen LogP contribution in [-0.2, 0) is 16.0 Å². The summed E-state index contributed by atoms with van der Waals surface area (Å²) in [6, 6.07) is 0. The van der Waals surface area contributed by atoms with Crippen molar-refractivity contribution in [2.24, 2.45) is 0 Å². The standard InChI is InChI=1S/C16H21NO6/c1-5-7-9-23-14-12(16(20)22-4)17(8-6-2)10-11(13(14)18)15(19)21-3/h6,10H,2,5,7-9H2,1,3-4H3. The summed E-state index contributed by atoms with van der Waals surface area (Å²) in [6.07, 6.45) is 4.32. The highest BCUT2D eigenvalue weighted by atomic mass is 16.5. The fraction of sp³-hybridized carbons (Fsp3) is 0.438. The van der Waals surface area contributed by atoms with Gasteiger partial charge in [-0.1, -0.05) is 19.4 Å². The first-order valence-corrected chi connectivity index (χ1v) is 7.19. The molecule has 0 saturated heterocycles. The molecule has 0 amide bonds. The van der Waals surface area contributed by atoms with E-state index in [0.29, 0.717) is 6.42 Å². The van der Waals surface area contributed by atoms with Gasteiger partial charge < -0.3 is 18.8 Å². The third-order valence-electron chi connectivity index (χ3n) is 3.09. The summed E-state index contributed by atoms with van der Waals surface area (Å²) in [5.74, 6) is -1.74. The maximum absolute atomic E-state index is 12.5. The van der Waals surface area contributed by atoms with Crippen LogP contribution in [-0.4, -0.2) is 37.3 Å². The zero-order chi connectivity index (χ0) is 17.4. The summed E-state index contributed by atoms with van der Waals surface area (Å²) in [7, 11) is 2.38. The molecule has 1 aromatic heterocycles. The van der Waals surface area contributed by atoms with Gasteiger partial charge in [-0.05, 0) is 6.42 Å². The van der Waals surface area contributed by atoms with Gasteiger partial charge in [0.15, 0.2) is 11.4 Å². The van der Waals surface area contributed by atoms with Crippen LogP contribution < -0.4 is 10.2 Å². The Morgan fingerprint density at radius 1 is 1.26 bits per heavy atom. The van der Waals surface area contributed by atoms with Crippen molar-refractivity contribution in [1.82, 2.24) is 4.57 Å². The van der Waals surface area contributed by atoms with Crippen molar-refractivity contribution >= 4 is 11.9 Å². The van der Waals surface area contributed by atoms with Crippen molar-refractivity contribution < 1.29 is 23.8 Å². The summed E-state index contributed by atoms with van der Waals surface area (Å²) < 4.78 is 16.2. The lowest BCUT2D eigenvalue weighted by molar-refractivity contribution is 0.0568. The average Bonchev–Trinajstić information content (AvgIpc) is 2.56. The predicted octanol–water partition coefficient (Wildman–Crippen LogP) is 1.79. The fourth-order valence-electron chi connectivity index (χ4n) is 1.94. The van der Waals surface area contributed by atoms with Gasteiger partial charge in [-0.15, -0.1) is 6.58 Å². The Kier molecular flexibility index (Phi) is 7.05. The van der Waals surface area contributed by atoms with Gasteiger partial charge in [-0.25, -0.2) is 9.59 Å². The van der Waals surface area contributed by atoms with Gasteiger partial charge in [-0.2, -0.15) is 0 Å². The van der Waals surface area contributed by atoms with E-state index in [1.165, 1.54) is 31.1 Å². The molecule has 7 heteroatoms. The summed E-state index contributed by atoms with van der Waals surface area (Å²) >= 11 is 0. The number of hydrogen-bond donors (Lipinski definition) is 0. The molecule has 1 rings (SSSR count). The van der Waals surface area contributed by atoms with E-state index < -0.39 is 17.4 Å². The first-order valence-electron chi connectivity index (χ1n) is 7.19. The van der Waals surface area contributed by atoms with Gasteiger partial charge in [0.25, 0.3) is 0 Å². The van der Waals surface area contributed by atoms with Crippen molar-refractivity contribution in [3.8, 4) is 5.75 Å². The lowest BCUT2D eigenvalue weighted by Crippen LogP contribution is -2.27. The molecule has 23 heavy (non-hydrogen) atoms. The molecule has 126 valence electrons. The number of unbranched alkanes of at least 4 members (excludes halogenated alkanes) is 1. The minimum Gasteiger partial charge on any atom is -0.487 e. The van der Waals surface area contributed by atoms with E-state index in [2.05, 4.69) is 11.3 Å². The molecule has 0 radical (unpaired) electrons. The number of carbonyl (C=O) groups excluding carboxylic acids is 2. The van der Waals surface area contributed by atoms with Crippen molar-refractivity contribution in [2.75, 3.05) is 20.8 Å². The van der Waals surface area contributed by atoms with Gasteiger partial charge >= 0.3 is 11.9 Å². The summed E-state index contributed by atoms with van der Waals surface area (Å²) in [5, 5.41) is 0. The second kappa shape index (κ2) is 8.77. The lowest BCUT2D eigenvalue weighted by Gasteiger charge is -2.16. The Balaban J connectivity index is 3.58. The quantitative estimate of drug-likeness (QED) is 0.412. The SMILES string of the molecule is C=CCn1cc(C(=O)OC)c(=O)c(OCCCC)c1C(=O)OC. The van der Waals surface area contributed by atoms with Crippen LogP contribution in [0.1, 0.15) is 40.6 Å². The lowest BCUT2D eigenvalue weighted by atomic mass is 10.2. The number of carbonyl (C=O) groups is 2. The first-order chi connectivity index (χ1) is 11.0. The Labute approximate surface area is 134 Å². The number of nitrogens with zero attached hydrogens (tertiary/aromatic N) is 1. The highest BCUT2D eigenvalue weighted by Gasteiger charge is 2.26. The first kappa shape index (κ1) is 18.5. The monoisotopic (exact) mass is 323 g/mol. The molecule has 0 spiro atoms. The van der Waals surface area contributed by atoms with Crippen LogP contribution in [0.25, 0.3) is 0 Å². The zero-order valence-electron chi connectivity index (χ0n) is 13.6. The van der Waals surface area contributed by atoms with Gasteiger partial charge in [0.05, 0.1) is 20.8 Å². The molecule has 0 aliphatic carbocycles. The van der Waals surface area contributed by atoms with Crippen LogP contribution in [0.5, 0.6) is 5.75 Å². The minimum absolute atomic E-state index is 0.0545. The van der Waals surface area contributed by atoms with Crippen LogP contribution in [0.15, 0.2) is 23.6 Å². The fourth-order valence-corrected chi connectivity index (χ4v) is 1.94. The number of aromatic nitrogens is 1. The third kappa shape index (κ3) is 4.21. The molecule has 0 saturated carbocycles. The molecule has 0 aromatic carbocycles. The molecule has 0 fully saturated rings. The van der Waals surface area contributed by atoms with E-state index in [9.17, 15) is 14.4 Å². The second-order valence-corrected chi connectivity index (χ2v) is 4.68. The maximum atomic E-state index is 12.5. The van der Waals surface area contributed by atoms with Crippen LogP contribution in [0.4, 0.5) is 0 Å². The Morgan fingerprint density at radius 3 is 2.43 bits per heavy atom. The van der Waals surface area contributed by atoms with Crippen molar-refractivity contribution in [2.45, 2.75) is 26.3 Å². The van der Waals surface area contributed by atoms with Crippen molar-refractivity contribution in [1.29, 1.82) is 0 Å². The molecule has 0 bridgehead atoms. The number of ether oxygens (including phenoxy) is 3. The van der Waals surface area contributed by atoms with E-state index in [-0.39, 0.29) is 30.2 Å². The van der Waals surface area contributed by atoms with Crippen molar-refractivity contribution in [3.05, 3.63) is 40.3 Å². The summed E-state index contributed by atoms with van der Waals surface area (Å²) in [5.41, 5.74) is -0.969. The second-order valence-electron chi connectivity index (χ2n) is 4.68. The summed E-state index contributed by atoms with van der Waals surface area (Å²) in [4.78, 5) is 36.3. The molecule has 0 aliphatic rings. The normalized spacial score (nSPS) is 10.0. The number of pyridine rings is 1. The predicted molar refractivity (Wildman–Crippen MR) is 84.0 cm³/mol. The molecule has 0 N–H and O–H groups in total. The van der Waals surface area contributed by atoms with Crippen LogP contribution in [0.2, 0.25) is 0 Å². The average molecular weight is 323 g/mol. The number of rotatable bonds is 8. The van der Waals surface area contributed by atoms with Crippen LogP contribution >= 0.6 is 0 Å². The van der Waals surface area contributed by atoms with Gasteiger partial charge in [0.1, 0.15) is 5.56 Å². The Bertz CT molecular complexity index is 647. The van der Waals surface area contributed by atoms with E-state index in [0.717, 1.165) is 6.42 Å². The molecule has 0 aliphatic heterocycles. The zero-order valence-corrected chi connectivity index (χ0v) is 13.6. The number of hydrogen-bond acceptors (Lipinski definition) is 6. The Morgan fingerprint density at radius 2 is 1.91 bits per heavy atom.